The summed E-state index contributed by atoms with van der Waals surface area (Å²) < 4.78 is 13.4. The third-order valence-corrected chi connectivity index (χ3v) is 4.41. The van der Waals surface area contributed by atoms with Gasteiger partial charge in [0.15, 0.2) is 0 Å². The fourth-order valence-electron chi connectivity index (χ4n) is 2.36. The molecule has 0 bridgehead atoms. The number of likely N-dealkylation sites (tertiary alicyclic amines) is 1. The molecular formula is C13H12BrFN2O5. The van der Waals surface area contributed by atoms with Crippen LogP contribution >= 0.6 is 15.9 Å². The molecule has 1 saturated heterocycles. The quantitative estimate of drug-likeness (QED) is 0.646. The van der Waals surface area contributed by atoms with E-state index >= 15 is 0 Å². The zero-order valence-corrected chi connectivity index (χ0v) is 12.9. The Kier molecular flexibility index (Phi) is 4.74. The average molecular weight is 375 g/mol. The topological polar surface area (TPSA) is 101 Å². The van der Waals surface area contributed by atoms with Gasteiger partial charge in [-0.15, -0.1) is 0 Å². The van der Waals surface area contributed by atoms with Gasteiger partial charge in [-0.05, 0) is 34.8 Å². The SMILES string of the molecule is O=C(O)C1CCN(C(=O)c2cc(F)cc([N+](=O)[O-])c2Br)CC1. The predicted octanol–water partition coefficient (Wildman–Crippen LogP) is 2.43. The van der Waals surface area contributed by atoms with Gasteiger partial charge in [0.25, 0.3) is 11.6 Å². The number of nitro benzene ring substituents is 1. The Labute approximate surface area is 133 Å². The maximum Gasteiger partial charge on any atom is 0.306 e. The molecule has 0 aromatic heterocycles. The molecule has 2 rings (SSSR count). The lowest BCUT2D eigenvalue weighted by Gasteiger charge is -2.30. The van der Waals surface area contributed by atoms with Crippen LogP contribution in [0.3, 0.4) is 0 Å². The minimum absolute atomic E-state index is 0.0794. The predicted molar refractivity (Wildman–Crippen MR) is 77.0 cm³/mol. The zero-order chi connectivity index (χ0) is 16.4. The number of piperidine rings is 1. The number of amides is 1. The van der Waals surface area contributed by atoms with Crippen molar-refractivity contribution in [2.75, 3.05) is 13.1 Å². The van der Waals surface area contributed by atoms with E-state index in [0.29, 0.717) is 12.8 Å². The van der Waals surface area contributed by atoms with E-state index < -0.39 is 34.2 Å². The molecule has 1 heterocycles. The highest BCUT2D eigenvalue weighted by molar-refractivity contribution is 9.10. The van der Waals surface area contributed by atoms with Crippen LogP contribution in [0, 0.1) is 21.8 Å². The van der Waals surface area contributed by atoms with Crippen LogP contribution in [0.5, 0.6) is 0 Å². The van der Waals surface area contributed by atoms with Gasteiger partial charge in [-0.3, -0.25) is 19.7 Å². The van der Waals surface area contributed by atoms with Crippen LogP contribution in [0.15, 0.2) is 16.6 Å². The molecule has 0 radical (unpaired) electrons. The van der Waals surface area contributed by atoms with Crippen LogP contribution in [0.25, 0.3) is 0 Å². The molecule has 1 aliphatic heterocycles. The van der Waals surface area contributed by atoms with Gasteiger partial charge in [-0.2, -0.15) is 0 Å². The van der Waals surface area contributed by atoms with Crippen LogP contribution in [0.4, 0.5) is 10.1 Å². The zero-order valence-electron chi connectivity index (χ0n) is 11.3. The van der Waals surface area contributed by atoms with Crippen LogP contribution in [0.1, 0.15) is 23.2 Å². The van der Waals surface area contributed by atoms with E-state index in [4.69, 9.17) is 5.11 Å². The molecule has 0 spiro atoms. The summed E-state index contributed by atoms with van der Waals surface area (Å²) in [5, 5.41) is 19.8. The first-order chi connectivity index (χ1) is 10.3. The van der Waals surface area contributed by atoms with Crippen molar-refractivity contribution >= 4 is 33.5 Å². The smallest absolute Gasteiger partial charge is 0.306 e. The van der Waals surface area contributed by atoms with E-state index in [2.05, 4.69) is 15.9 Å². The maximum absolute atomic E-state index is 13.5. The van der Waals surface area contributed by atoms with Gasteiger partial charge in [0.1, 0.15) is 10.3 Å². The standard InChI is InChI=1S/C13H12BrFN2O5/c14-11-9(5-8(15)6-10(11)17(21)22)12(18)16-3-1-7(2-4-16)13(19)20/h5-7H,1-4H2,(H,19,20). The number of hydrogen-bond donors (Lipinski definition) is 1. The van der Waals surface area contributed by atoms with Crippen LogP contribution in [0.2, 0.25) is 0 Å². The first-order valence-corrected chi connectivity index (χ1v) is 7.26. The first kappa shape index (κ1) is 16.3. The Morgan fingerprint density at radius 2 is 1.95 bits per heavy atom. The van der Waals surface area contributed by atoms with E-state index in [0.717, 1.165) is 12.1 Å². The molecule has 0 unspecified atom stereocenters. The second-order valence-corrected chi connectivity index (χ2v) is 5.74. The summed E-state index contributed by atoms with van der Waals surface area (Å²) in [6, 6.07) is 1.67. The van der Waals surface area contributed by atoms with E-state index in [-0.39, 0.29) is 23.1 Å². The molecule has 1 aliphatic rings. The molecule has 9 heteroatoms. The lowest BCUT2D eigenvalue weighted by Crippen LogP contribution is -2.40. The van der Waals surface area contributed by atoms with Crippen molar-refractivity contribution < 1.29 is 24.0 Å². The number of halogens is 2. The fraction of sp³-hybridized carbons (Fsp3) is 0.385. The molecule has 22 heavy (non-hydrogen) atoms. The molecule has 0 atom stereocenters. The summed E-state index contributed by atoms with van der Waals surface area (Å²) in [5.41, 5.74) is -0.663. The van der Waals surface area contributed by atoms with Gasteiger partial charge in [0.2, 0.25) is 0 Å². The summed E-state index contributed by atoms with van der Waals surface area (Å²) in [6.07, 6.45) is 0.603. The molecule has 1 aromatic rings. The molecule has 118 valence electrons. The Bertz CT molecular complexity index is 644. The molecule has 1 amide bonds. The van der Waals surface area contributed by atoms with Gasteiger partial charge in [-0.25, -0.2) is 4.39 Å². The highest BCUT2D eigenvalue weighted by Crippen LogP contribution is 2.31. The molecule has 1 fully saturated rings. The van der Waals surface area contributed by atoms with Gasteiger partial charge < -0.3 is 10.0 Å². The third kappa shape index (κ3) is 3.24. The summed E-state index contributed by atoms with van der Waals surface area (Å²) in [6.45, 7) is 0.430. The second-order valence-electron chi connectivity index (χ2n) is 4.95. The van der Waals surface area contributed by atoms with Crippen LogP contribution < -0.4 is 0 Å². The number of hydrogen-bond acceptors (Lipinski definition) is 4. The van der Waals surface area contributed by atoms with Gasteiger partial charge in [0.05, 0.1) is 22.5 Å². The lowest BCUT2D eigenvalue weighted by molar-refractivity contribution is -0.385. The third-order valence-electron chi connectivity index (χ3n) is 3.58. The largest absolute Gasteiger partial charge is 0.481 e. The van der Waals surface area contributed by atoms with Crippen molar-refractivity contribution in [2.45, 2.75) is 12.8 Å². The first-order valence-electron chi connectivity index (χ1n) is 6.46. The normalized spacial score (nSPS) is 15.6. The van der Waals surface area contributed by atoms with Crippen molar-refractivity contribution in [3.63, 3.8) is 0 Å². The fourth-order valence-corrected chi connectivity index (χ4v) is 2.91. The summed E-state index contributed by atoms with van der Waals surface area (Å²) in [7, 11) is 0. The van der Waals surface area contributed by atoms with Gasteiger partial charge in [0, 0.05) is 13.1 Å². The minimum atomic E-state index is -0.908. The number of nitrogens with zero attached hydrogens (tertiary/aromatic N) is 2. The Morgan fingerprint density at radius 1 is 1.36 bits per heavy atom. The van der Waals surface area contributed by atoms with Crippen LogP contribution in [-0.4, -0.2) is 39.9 Å². The highest BCUT2D eigenvalue weighted by Gasteiger charge is 2.30. The minimum Gasteiger partial charge on any atom is -0.481 e. The van der Waals surface area contributed by atoms with Crippen molar-refractivity contribution in [3.05, 3.63) is 38.1 Å². The molecule has 1 N–H and O–H groups in total. The maximum atomic E-state index is 13.5. The Hall–Kier alpha value is -2.03. The van der Waals surface area contributed by atoms with Crippen molar-refractivity contribution in [1.82, 2.24) is 4.90 Å². The van der Waals surface area contributed by atoms with Crippen molar-refractivity contribution in [1.29, 1.82) is 0 Å². The summed E-state index contributed by atoms with van der Waals surface area (Å²) in [4.78, 5) is 34.7. The number of carbonyl (C=O) groups is 2. The van der Waals surface area contributed by atoms with Crippen molar-refractivity contribution in [3.8, 4) is 0 Å². The Balaban J connectivity index is 2.24. The molecule has 1 aromatic carbocycles. The Morgan fingerprint density at radius 3 is 2.45 bits per heavy atom. The molecule has 0 aliphatic carbocycles. The highest BCUT2D eigenvalue weighted by atomic mass is 79.9. The number of nitro groups is 1. The van der Waals surface area contributed by atoms with Crippen LogP contribution in [-0.2, 0) is 4.79 Å². The van der Waals surface area contributed by atoms with E-state index in [1.807, 2.05) is 0 Å². The number of aliphatic carboxylic acids is 1. The second kappa shape index (κ2) is 6.39. The lowest BCUT2D eigenvalue weighted by atomic mass is 9.96. The van der Waals surface area contributed by atoms with E-state index in [9.17, 15) is 24.1 Å². The number of carboxylic acid groups (broad SMARTS) is 1. The number of benzene rings is 1. The van der Waals surface area contributed by atoms with E-state index in [1.165, 1.54) is 4.90 Å². The number of rotatable bonds is 3. The van der Waals surface area contributed by atoms with E-state index in [1.54, 1.807) is 0 Å². The number of carbonyl (C=O) groups excluding carboxylic acids is 1. The monoisotopic (exact) mass is 374 g/mol. The molecular weight excluding hydrogens is 363 g/mol. The summed E-state index contributed by atoms with van der Waals surface area (Å²) >= 11 is 2.97. The molecule has 7 nitrogen and oxygen atoms in total. The number of carboxylic acids is 1. The van der Waals surface area contributed by atoms with Gasteiger partial charge >= 0.3 is 5.97 Å². The van der Waals surface area contributed by atoms with Gasteiger partial charge in [-0.1, -0.05) is 0 Å². The van der Waals surface area contributed by atoms with Crippen molar-refractivity contribution in [2.24, 2.45) is 5.92 Å². The molecule has 0 saturated carbocycles. The summed E-state index contributed by atoms with van der Waals surface area (Å²) in [5.74, 6) is -2.85. The average Bonchev–Trinajstić information content (AvgIpc) is 2.48.